The SMILES string of the molecule is C[C@@](N)(C(=O)O)c1cncc(F)c1. The predicted octanol–water partition coefficient (Wildman–Crippen LogP) is 0.479. The van der Waals surface area contributed by atoms with Crippen molar-refractivity contribution in [3.63, 3.8) is 0 Å². The van der Waals surface area contributed by atoms with Gasteiger partial charge in [-0.2, -0.15) is 0 Å². The van der Waals surface area contributed by atoms with Gasteiger partial charge in [0.15, 0.2) is 0 Å². The highest BCUT2D eigenvalue weighted by Crippen LogP contribution is 2.17. The molecule has 0 aromatic carbocycles. The number of nitrogens with zero attached hydrogens (tertiary/aromatic N) is 1. The van der Waals surface area contributed by atoms with E-state index in [9.17, 15) is 9.18 Å². The first-order valence-corrected chi connectivity index (χ1v) is 3.58. The summed E-state index contributed by atoms with van der Waals surface area (Å²) < 4.78 is 12.6. The van der Waals surface area contributed by atoms with Crippen molar-refractivity contribution in [2.45, 2.75) is 12.5 Å². The number of carbonyl (C=O) groups is 1. The van der Waals surface area contributed by atoms with Gasteiger partial charge in [-0.3, -0.25) is 4.98 Å². The molecule has 0 spiro atoms. The number of pyridine rings is 1. The molecular weight excluding hydrogens is 175 g/mol. The van der Waals surface area contributed by atoms with Crippen molar-refractivity contribution >= 4 is 5.97 Å². The van der Waals surface area contributed by atoms with E-state index in [1.807, 2.05) is 0 Å². The maximum atomic E-state index is 12.6. The molecule has 0 fully saturated rings. The van der Waals surface area contributed by atoms with Crippen LogP contribution in [-0.2, 0) is 10.3 Å². The van der Waals surface area contributed by atoms with E-state index < -0.39 is 17.3 Å². The summed E-state index contributed by atoms with van der Waals surface area (Å²) in [7, 11) is 0. The lowest BCUT2D eigenvalue weighted by molar-refractivity contribution is -0.143. The summed E-state index contributed by atoms with van der Waals surface area (Å²) in [5.41, 5.74) is 3.98. The molecule has 13 heavy (non-hydrogen) atoms. The molecule has 0 amide bonds. The van der Waals surface area contributed by atoms with Crippen LogP contribution in [0.2, 0.25) is 0 Å². The Bertz CT molecular complexity index is 339. The van der Waals surface area contributed by atoms with Crippen LogP contribution in [0.1, 0.15) is 12.5 Å². The number of hydrogen-bond acceptors (Lipinski definition) is 3. The highest BCUT2D eigenvalue weighted by molar-refractivity contribution is 5.79. The summed E-state index contributed by atoms with van der Waals surface area (Å²) in [6.45, 7) is 1.28. The van der Waals surface area contributed by atoms with Crippen molar-refractivity contribution in [1.29, 1.82) is 0 Å². The van der Waals surface area contributed by atoms with Gasteiger partial charge < -0.3 is 10.8 Å². The third-order valence-corrected chi connectivity index (χ3v) is 1.75. The second-order valence-electron chi connectivity index (χ2n) is 2.90. The first kappa shape index (κ1) is 9.60. The van der Waals surface area contributed by atoms with Crippen LogP contribution in [0.15, 0.2) is 18.5 Å². The Hall–Kier alpha value is -1.49. The van der Waals surface area contributed by atoms with Gasteiger partial charge >= 0.3 is 5.97 Å². The monoisotopic (exact) mass is 184 g/mol. The molecule has 0 bridgehead atoms. The number of aromatic nitrogens is 1. The van der Waals surface area contributed by atoms with Crippen LogP contribution in [0.25, 0.3) is 0 Å². The fraction of sp³-hybridized carbons (Fsp3) is 0.250. The Morgan fingerprint density at radius 3 is 2.77 bits per heavy atom. The fourth-order valence-electron chi connectivity index (χ4n) is 0.819. The third kappa shape index (κ3) is 1.81. The van der Waals surface area contributed by atoms with Crippen LogP contribution >= 0.6 is 0 Å². The summed E-state index contributed by atoms with van der Waals surface area (Å²) in [4.78, 5) is 14.2. The van der Waals surface area contributed by atoms with E-state index in [0.29, 0.717) is 0 Å². The highest BCUT2D eigenvalue weighted by atomic mass is 19.1. The average molecular weight is 184 g/mol. The van der Waals surface area contributed by atoms with E-state index in [1.54, 1.807) is 0 Å². The first-order chi connectivity index (χ1) is 5.94. The number of rotatable bonds is 2. The number of aliphatic carboxylic acids is 1. The molecule has 0 saturated carbocycles. The zero-order chi connectivity index (χ0) is 10.1. The molecule has 0 aliphatic rings. The van der Waals surface area contributed by atoms with Crippen molar-refractivity contribution in [2.24, 2.45) is 5.73 Å². The molecule has 1 aromatic rings. The fourth-order valence-corrected chi connectivity index (χ4v) is 0.819. The maximum Gasteiger partial charge on any atom is 0.328 e. The van der Waals surface area contributed by atoms with Gasteiger partial charge in [-0.05, 0) is 13.0 Å². The summed E-state index contributed by atoms with van der Waals surface area (Å²) in [5, 5.41) is 8.71. The van der Waals surface area contributed by atoms with Gasteiger partial charge in [0.2, 0.25) is 0 Å². The number of hydrogen-bond donors (Lipinski definition) is 2. The lowest BCUT2D eigenvalue weighted by atomic mass is 9.95. The van der Waals surface area contributed by atoms with Crippen LogP contribution in [0.5, 0.6) is 0 Å². The van der Waals surface area contributed by atoms with Crippen LogP contribution in [0.3, 0.4) is 0 Å². The van der Waals surface area contributed by atoms with Crippen LogP contribution < -0.4 is 5.73 Å². The maximum absolute atomic E-state index is 12.6. The molecule has 70 valence electrons. The van der Waals surface area contributed by atoms with Crippen LogP contribution in [0.4, 0.5) is 4.39 Å². The number of halogens is 1. The van der Waals surface area contributed by atoms with Gasteiger partial charge in [0.1, 0.15) is 11.4 Å². The van der Waals surface area contributed by atoms with E-state index in [1.165, 1.54) is 13.1 Å². The van der Waals surface area contributed by atoms with E-state index in [4.69, 9.17) is 10.8 Å². The van der Waals surface area contributed by atoms with Gasteiger partial charge in [-0.15, -0.1) is 0 Å². The second kappa shape index (κ2) is 3.10. The Morgan fingerprint density at radius 1 is 1.69 bits per heavy atom. The molecule has 1 atom stereocenters. The molecular formula is C8H9FN2O2. The minimum Gasteiger partial charge on any atom is -0.480 e. The standard InChI is InChI=1S/C8H9FN2O2/c1-8(10,7(12)13)5-2-6(9)4-11-3-5/h2-4H,10H2,1H3,(H,12,13)/t8-/m0/s1. The van der Waals surface area contributed by atoms with Crippen molar-refractivity contribution in [1.82, 2.24) is 4.98 Å². The number of carboxylic acid groups (broad SMARTS) is 1. The van der Waals surface area contributed by atoms with Gasteiger partial charge in [0, 0.05) is 11.8 Å². The van der Waals surface area contributed by atoms with Gasteiger partial charge in [-0.25, -0.2) is 9.18 Å². The van der Waals surface area contributed by atoms with Crippen molar-refractivity contribution in [3.8, 4) is 0 Å². The van der Waals surface area contributed by atoms with Crippen molar-refractivity contribution in [2.75, 3.05) is 0 Å². The molecule has 0 unspecified atom stereocenters. The molecule has 0 aliphatic carbocycles. The summed E-state index contributed by atoms with van der Waals surface area (Å²) in [6, 6.07) is 1.06. The Balaban J connectivity index is 3.14. The largest absolute Gasteiger partial charge is 0.480 e. The zero-order valence-electron chi connectivity index (χ0n) is 6.99. The molecule has 4 nitrogen and oxygen atoms in total. The Labute approximate surface area is 74.2 Å². The minimum absolute atomic E-state index is 0.139. The zero-order valence-corrected chi connectivity index (χ0v) is 6.99. The molecule has 3 N–H and O–H groups in total. The van der Waals surface area contributed by atoms with E-state index >= 15 is 0 Å². The predicted molar refractivity (Wildman–Crippen MR) is 43.4 cm³/mol. The van der Waals surface area contributed by atoms with E-state index in [-0.39, 0.29) is 5.56 Å². The van der Waals surface area contributed by atoms with Gasteiger partial charge in [0.05, 0.1) is 6.20 Å². The van der Waals surface area contributed by atoms with Crippen LogP contribution in [0, 0.1) is 5.82 Å². The lowest BCUT2D eigenvalue weighted by Crippen LogP contribution is -2.41. The summed E-state index contributed by atoms with van der Waals surface area (Å²) in [6.07, 6.45) is 2.22. The molecule has 0 saturated heterocycles. The quantitative estimate of drug-likeness (QED) is 0.700. The van der Waals surface area contributed by atoms with Crippen molar-refractivity contribution < 1.29 is 14.3 Å². The van der Waals surface area contributed by atoms with Gasteiger partial charge in [-0.1, -0.05) is 0 Å². The number of carboxylic acids is 1. The Kier molecular flexibility index (Phi) is 2.29. The summed E-state index contributed by atoms with van der Waals surface area (Å²) >= 11 is 0. The molecule has 0 aliphatic heterocycles. The minimum atomic E-state index is -1.60. The van der Waals surface area contributed by atoms with E-state index in [0.717, 1.165) is 12.3 Å². The van der Waals surface area contributed by atoms with Crippen LogP contribution in [-0.4, -0.2) is 16.1 Å². The number of nitrogens with two attached hydrogens (primary N) is 1. The molecule has 1 heterocycles. The third-order valence-electron chi connectivity index (χ3n) is 1.75. The first-order valence-electron chi connectivity index (χ1n) is 3.58. The summed E-state index contributed by atoms with van der Waals surface area (Å²) in [5.74, 6) is -1.82. The topological polar surface area (TPSA) is 76.2 Å². The Morgan fingerprint density at radius 2 is 2.31 bits per heavy atom. The molecule has 1 rings (SSSR count). The van der Waals surface area contributed by atoms with Gasteiger partial charge in [0.25, 0.3) is 0 Å². The average Bonchev–Trinajstić information content (AvgIpc) is 2.04. The van der Waals surface area contributed by atoms with Crippen molar-refractivity contribution in [3.05, 3.63) is 29.8 Å². The lowest BCUT2D eigenvalue weighted by Gasteiger charge is -2.18. The molecule has 5 heteroatoms. The normalized spacial score (nSPS) is 15.0. The highest BCUT2D eigenvalue weighted by Gasteiger charge is 2.30. The molecule has 1 aromatic heterocycles. The molecule has 0 radical (unpaired) electrons. The van der Waals surface area contributed by atoms with E-state index in [2.05, 4.69) is 4.98 Å². The second-order valence-corrected chi connectivity index (χ2v) is 2.90. The smallest absolute Gasteiger partial charge is 0.328 e.